The fourth-order valence-corrected chi connectivity index (χ4v) is 3.05. The first-order chi connectivity index (χ1) is 8.19. The van der Waals surface area contributed by atoms with Crippen LogP contribution in [0.15, 0.2) is 5.38 Å². The van der Waals surface area contributed by atoms with Crippen LogP contribution in [0.1, 0.15) is 37.4 Å². The highest BCUT2D eigenvalue weighted by Crippen LogP contribution is 2.16. The van der Waals surface area contributed by atoms with Crippen LogP contribution in [0, 0.1) is 6.92 Å². The van der Waals surface area contributed by atoms with Gasteiger partial charge in [0.05, 0.1) is 10.7 Å². The lowest BCUT2D eigenvalue weighted by molar-refractivity contribution is 0.128. The van der Waals surface area contributed by atoms with Crippen LogP contribution in [0.4, 0.5) is 0 Å². The van der Waals surface area contributed by atoms with Crippen LogP contribution in [0.25, 0.3) is 0 Å². The number of thiazole rings is 1. The predicted molar refractivity (Wildman–Crippen MR) is 73.4 cm³/mol. The van der Waals surface area contributed by atoms with Gasteiger partial charge in [-0.1, -0.05) is 13.3 Å². The van der Waals surface area contributed by atoms with Crippen LogP contribution in [0.3, 0.4) is 0 Å². The molecule has 2 atom stereocenters. The van der Waals surface area contributed by atoms with E-state index in [2.05, 4.69) is 41.4 Å². The lowest BCUT2D eigenvalue weighted by Crippen LogP contribution is -2.54. The fourth-order valence-electron chi connectivity index (χ4n) is 2.45. The van der Waals surface area contributed by atoms with Gasteiger partial charge in [0.1, 0.15) is 0 Å². The first-order valence-electron chi connectivity index (χ1n) is 6.57. The molecule has 4 heteroatoms. The van der Waals surface area contributed by atoms with Crippen molar-refractivity contribution in [3.63, 3.8) is 0 Å². The quantitative estimate of drug-likeness (QED) is 0.893. The molecule has 2 rings (SSSR count). The molecule has 1 saturated heterocycles. The molecule has 1 N–H and O–H groups in total. The van der Waals surface area contributed by atoms with Gasteiger partial charge < -0.3 is 5.32 Å². The van der Waals surface area contributed by atoms with Crippen molar-refractivity contribution < 1.29 is 0 Å². The highest BCUT2D eigenvalue weighted by atomic mass is 32.1. The molecule has 0 spiro atoms. The van der Waals surface area contributed by atoms with E-state index in [1.807, 2.05) is 0 Å². The molecule has 0 aromatic carbocycles. The third-order valence-corrected chi connectivity index (χ3v) is 4.27. The molecule has 1 fully saturated rings. The first kappa shape index (κ1) is 13.0. The maximum atomic E-state index is 4.57. The molecule has 0 saturated carbocycles. The van der Waals surface area contributed by atoms with Gasteiger partial charge in [-0.2, -0.15) is 0 Å². The van der Waals surface area contributed by atoms with Crippen molar-refractivity contribution in [2.75, 3.05) is 13.1 Å². The topological polar surface area (TPSA) is 28.2 Å². The average Bonchev–Trinajstić information content (AvgIpc) is 2.69. The second kappa shape index (κ2) is 5.94. The van der Waals surface area contributed by atoms with Gasteiger partial charge in [-0.05, 0) is 20.3 Å². The Balaban J connectivity index is 1.93. The van der Waals surface area contributed by atoms with E-state index in [9.17, 15) is 0 Å². The number of hydrogen-bond donors (Lipinski definition) is 1. The Hall–Kier alpha value is -0.450. The monoisotopic (exact) mass is 253 g/mol. The van der Waals surface area contributed by atoms with Gasteiger partial charge in [0, 0.05) is 37.1 Å². The van der Waals surface area contributed by atoms with Crippen molar-refractivity contribution in [1.82, 2.24) is 15.2 Å². The summed E-state index contributed by atoms with van der Waals surface area (Å²) in [5.41, 5.74) is 1.23. The molecule has 1 aliphatic heterocycles. The SMILES string of the molecule is CCCC1CN(Cc2csc(C)n2)C(C)CN1. The van der Waals surface area contributed by atoms with E-state index in [1.54, 1.807) is 11.3 Å². The molecule has 2 heterocycles. The van der Waals surface area contributed by atoms with Crippen LogP contribution >= 0.6 is 11.3 Å². The molecular weight excluding hydrogens is 230 g/mol. The molecule has 3 nitrogen and oxygen atoms in total. The van der Waals surface area contributed by atoms with E-state index in [-0.39, 0.29) is 0 Å². The van der Waals surface area contributed by atoms with Crippen LogP contribution in [-0.4, -0.2) is 35.1 Å². The highest BCUT2D eigenvalue weighted by molar-refractivity contribution is 7.09. The third-order valence-electron chi connectivity index (χ3n) is 3.45. The Morgan fingerprint density at radius 1 is 1.59 bits per heavy atom. The molecule has 96 valence electrons. The number of aromatic nitrogens is 1. The van der Waals surface area contributed by atoms with Crippen molar-refractivity contribution in [1.29, 1.82) is 0 Å². The minimum Gasteiger partial charge on any atom is -0.311 e. The van der Waals surface area contributed by atoms with Crippen molar-refractivity contribution in [2.24, 2.45) is 0 Å². The minimum absolute atomic E-state index is 0.616. The summed E-state index contributed by atoms with van der Waals surface area (Å²) in [4.78, 5) is 7.13. The summed E-state index contributed by atoms with van der Waals surface area (Å²) in [6.07, 6.45) is 2.54. The summed E-state index contributed by atoms with van der Waals surface area (Å²) in [6, 6.07) is 1.28. The second-order valence-electron chi connectivity index (χ2n) is 5.03. The fraction of sp³-hybridized carbons (Fsp3) is 0.769. The van der Waals surface area contributed by atoms with Gasteiger partial charge in [-0.3, -0.25) is 4.90 Å². The largest absolute Gasteiger partial charge is 0.311 e. The summed E-state index contributed by atoms with van der Waals surface area (Å²) >= 11 is 1.75. The maximum Gasteiger partial charge on any atom is 0.0897 e. The van der Waals surface area contributed by atoms with E-state index in [0.29, 0.717) is 12.1 Å². The average molecular weight is 253 g/mol. The van der Waals surface area contributed by atoms with Gasteiger partial charge in [-0.25, -0.2) is 4.98 Å². The molecule has 1 aromatic heterocycles. The molecule has 0 amide bonds. The Kier molecular flexibility index (Phi) is 4.54. The number of rotatable bonds is 4. The zero-order valence-electron chi connectivity index (χ0n) is 11.1. The highest BCUT2D eigenvalue weighted by Gasteiger charge is 2.24. The number of hydrogen-bond acceptors (Lipinski definition) is 4. The van der Waals surface area contributed by atoms with Gasteiger partial charge >= 0.3 is 0 Å². The number of nitrogens with zero attached hydrogens (tertiary/aromatic N) is 2. The van der Waals surface area contributed by atoms with Crippen molar-refractivity contribution in [3.05, 3.63) is 16.1 Å². The third kappa shape index (κ3) is 3.50. The van der Waals surface area contributed by atoms with Crippen LogP contribution in [-0.2, 0) is 6.54 Å². The van der Waals surface area contributed by atoms with Crippen molar-refractivity contribution in [2.45, 2.75) is 52.2 Å². The van der Waals surface area contributed by atoms with Crippen LogP contribution in [0.5, 0.6) is 0 Å². The smallest absolute Gasteiger partial charge is 0.0897 e. The maximum absolute atomic E-state index is 4.57. The van der Waals surface area contributed by atoms with E-state index < -0.39 is 0 Å². The van der Waals surface area contributed by atoms with E-state index in [4.69, 9.17) is 0 Å². The van der Waals surface area contributed by atoms with Gasteiger partial charge in [0.15, 0.2) is 0 Å². The zero-order valence-corrected chi connectivity index (χ0v) is 11.9. The molecule has 17 heavy (non-hydrogen) atoms. The molecule has 0 radical (unpaired) electrons. The summed E-state index contributed by atoms with van der Waals surface area (Å²) in [7, 11) is 0. The predicted octanol–water partition coefficient (Wildman–Crippen LogP) is 2.41. The molecule has 0 bridgehead atoms. The molecule has 2 unspecified atom stereocenters. The van der Waals surface area contributed by atoms with E-state index in [0.717, 1.165) is 19.6 Å². The number of aryl methyl sites for hydroxylation is 1. The molecular formula is C13H23N3S. The second-order valence-corrected chi connectivity index (χ2v) is 6.09. The summed E-state index contributed by atoms with van der Waals surface area (Å²) < 4.78 is 0. The van der Waals surface area contributed by atoms with Crippen LogP contribution < -0.4 is 5.32 Å². The number of piperazine rings is 1. The first-order valence-corrected chi connectivity index (χ1v) is 7.45. The normalized spacial score (nSPS) is 26.3. The summed E-state index contributed by atoms with van der Waals surface area (Å²) in [5, 5.41) is 7.00. The lowest BCUT2D eigenvalue weighted by Gasteiger charge is -2.38. The molecule has 1 aliphatic rings. The molecule has 0 aliphatic carbocycles. The Morgan fingerprint density at radius 2 is 2.41 bits per heavy atom. The van der Waals surface area contributed by atoms with Gasteiger partial charge in [0.25, 0.3) is 0 Å². The van der Waals surface area contributed by atoms with E-state index >= 15 is 0 Å². The summed E-state index contributed by atoms with van der Waals surface area (Å²) in [5.74, 6) is 0. The van der Waals surface area contributed by atoms with Gasteiger partial charge in [-0.15, -0.1) is 11.3 Å². The van der Waals surface area contributed by atoms with Crippen molar-refractivity contribution >= 4 is 11.3 Å². The van der Waals surface area contributed by atoms with Crippen molar-refractivity contribution in [3.8, 4) is 0 Å². The zero-order chi connectivity index (χ0) is 12.3. The Labute approximate surface area is 108 Å². The minimum atomic E-state index is 0.616. The molecule has 1 aromatic rings. The van der Waals surface area contributed by atoms with Gasteiger partial charge in [0.2, 0.25) is 0 Å². The van der Waals surface area contributed by atoms with E-state index in [1.165, 1.54) is 23.5 Å². The summed E-state index contributed by atoms with van der Waals surface area (Å²) in [6.45, 7) is 9.91. The standard InChI is InChI=1S/C13H23N3S/c1-4-5-12-7-16(10(2)6-14-12)8-13-9-17-11(3)15-13/h9-10,12,14H,4-8H2,1-3H3. The number of nitrogens with one attached hydrogen (secondary N) is 1. The lowest BCUT2D eigenvalue weighted by atomic mass is 10.1. The Bertz CT molecular complexity index is 350. The van der Waals surface area contributed by atoms with Crippen LogP contribution in [0.2, 0.25) is 0 Å². The Morgan fingerprint density at radius 3 is 3.06 bits per heavy atom.